The first kappa shape index (κ1) is 23.5. The van der Waals surface area contributed by atoms with Gasteiger partial charge in [-0.1, -0.05) is 30.4 Å². The third-order valence-electron chi connectivity index (χ3n) is 6.83. The summed E-state index contributed by atoms with van der Waals surface area (Å²) >= 11 is 0. The van der Waals surface area contributed by atoms with Crippen LogP contribution in [0.3, 0.4) is 0 Å². The molecule has 0 radical (unpaired) electrons. The molecule has 6 nitrogen and oxygen atoms in total. The molecule has 0 saturated heterocycles. The number of hydrogen-bond donors (Lipinski definition) is 2. The van der Waals surface area contributed by atoms with Crippen molar-refractivity contribution < 1.29 is 23.1 Å². The topological polar surface area (TPSA) is 92.7 Å². The molecule has 0 amide bonds. The van der Waals surface area contributed by atoms with Gasteiger partial charge in [0.05, 0.1) is 4.90 Å². The fourth-order valence-electron chi connectivity index (χ4n) is 5.23. The molecule has 7 heteroatoms. The zero-order chi connectivity index (χ0) is 23.3. The lowest BCUT2D eigenvalue weighted by Gasteiger charge is -2.31. The Hall–Kier alpha value is -2.64. The van der Waals surface area contributed by atoms with Gasteiger partial charge < -0.3 is 9.84 Å². The number of fused-ring (bicyclic) bond motifs is 2. The number of unbranched alkanes of at least 4 members (excludes halogenated alkanes) is 1. The van der Waals surface area contributed by atoms with E-state index in [0.717, 1.165) is 32.1 Å². The molecular weight excluding hydrogens is 438 g/mol. The van der Waals surface area contributed by atoms with Gasteiger partial charge in [-0.15, -0.1) is 0 Å². The average Bonchev–Trinajstić information content (AvgIpc) is 3.39. The van der Waals surface area contributed by atoms with Crippen LogP contribution in [0, 0.1) is 17.8 Å². The van der Waals surface area contributed by atoms with Crippen LogP contribution in [-0.2, 0) is 14.8 Å². The van der Waals surface area contributed by atoms with E-state index >= 15 is 0 Å². The first-order chi connectivity index (χ1) is 15.9. The van der Waals surface area contributed by atoms with Gasteiger partial charge in [0.2, 0.25) is 10.0 Å². The molecule has 4 rings (SSSR count). The molecule has 0 unspecified atom stereocenters. The second kappa shape index (κ2) is 10.5. The van der Waals surface area contributed by atoms with Crippen LogP contribution in [0.25, 0.3) is 0 Å². The van der Waals surface area contributed by atoms with E-state index in [4.69, 9.17) is 9.84 Å². The lowest BCUT2D eigenvalue weighted by atomic mass is 9.83. The Morgan fingerprint density at radius 3 is 2.42 bits per heavy atom. The lowest BCUT2D eigenvalue weighted by Crippen LogP contribution is -2.43. The minimum Gasteiger partial charge on any atom is -0.481 e. The van der Waals surface area contributed by atoms with E-state index in [1.807, 2.05) is 36.4 Å². The van der Waals surface area contributed by atoms with Gasteiger partial charge in [-0.05, 0) is 92.7 Å². The largest absolute Gasteiger partial charge is 0.481 e. The normalized spacial score (nSPS) is 24.4. The fraction of sp³-hybridized carbons (Fsp3) is 0.423. The number of ether oxygens (including phenoxy) is 1. The van der Waals surface area contributed by atoms with Gasteiger partial charge in [0.15, 0.2) is 0 Å². The minimum atomic E-state index is -3.63. The molecule has 0 heterocycles. The Kier molecular flexibility index (Phi) is 7.50. The van der Waals surface area contributed by atoms with E-state index in [2.05, 4.69) is 10.8 Å². The smallest absolute Gasteiger partial charge is 0.303 e. The van der Waals surface area contributed by atoms with Crippen molar-refractivity contribution in [2.45, 2.75) is 55.9 Å². The molecule has 33 heavy (non-hydrogen) atoms. The highest BCUT2D eigenvalue weighted by Crippen LogP contribution is 2.50. The summed E-state index contributed by atoms with van der Waals surface area (Å²) in [7, 11) is -3.63. The number of aliphatic carboxylic acids is 1. The van der Waals surface area contributed by atoms with Gasteiger partial charge in [0.25, 0.3) is 0 Å². The maximum atomic E-state index is 13.1. The Morgan fingerprint density at radius 2 is 1.70 bits per heavy atom. The van der Waals surface area contributed by atoms with Crippen LogP contribution in [0.2, 0.25) is 0 Å². The van der Waals surface area contributed by atoms with Gasteiger partial charge in [-0.2, -0.15) is 0 Å². The van der Waals surface area contributed by atoms with E-state index in [1.165, 1.54) is 0 Å². The maximum absolute atomic E-state index is 13.1. The molecule has 2 aliphatic rings. The van der Waals surface area contributed by atoms with Gasteiger partial charge in [-0.25, -0.2) is 13.1 Å². The van der Waals surface area contributed by atoms with E-state index in [0.29, 0.717) is 29.8 Å². The lowest BCUT2D eigenvalue weighted by molar-refractivity contribution is -0.137. The molecule has 2 bridgehead atoms. The van der Waals surface area contributed by atoms with Crippen LogP contribution < -0.4 is 9.46 Å². The monoisotopic (exact) mass is 469 g/mol. The number of hydrogen-bond acceptors (Lipinski definition) is 4. The van der Waals surface area contributed by atoms with Crippen LogP contribution in [0.5, 0.6) is 11.5 Å². The number of carboxylic acid groups (broad SMARTS) is 1. The van der Waals surface area contributed by atoms with Crippen molar-refractivity contribution in [2.24, 2.45) is 17.8 Å². The van der Waals surface area contributed by atoms with Crippen molar-refractivity contribution in [2.75, 3.05) is 0 Å². The van der Waals surface area contributed by atoms with E-state index in [1.54, 1.807) is 24.3 Å². The summed E-state index contributed by atoms with van der Waals surface area (Å²) in [5.41, 5.74) is 0. The summed E-state index contributed by atoms with van der Waals surface area (Å²) in [5, 5.41) is 8.74. The molecule has 2 aromatic carbocycles. The van der Waals surface area contributed by atoms with E-state index < -0.39 is 16.0 Å². The molecule has 0 aromatic heterocycles. The van der Waals surface area contributed by atoms with Crippen molar-refractivity contribution in [1.29, 1.82) is 0 Å². The molecular formula is C26H31NO5S. The number of benzene rings is 2. The highest BCUT2D eigenvalue weighted by Gasteiger charge is 2.48. The number of sulfonamides is 1. The fourth-order valence-corrected chi connectivity index (χ4v) is 6.59. The first-order valence-corrected chi connectivity index (χ1v) is 13.1. The SMILES string of the molecule is O=C(O)CCC/C=C\C[C@@H]1[C@H]2CC[C@H](C2)[C@H]1NS(=O)(=O)c1ccc(Oc2ccccc2)cc1. The number of nitrogens with one attached hydrogen (secondary N) is 1. The van der Waals surface area contributed by atoms with Crippen molar-refractivity contribution in [3.05, 3.63) is 66.7 Å². The van der Waals surface area contributed by atoms with Gasteiger partial charge in [0, 0.05) is 12.5 Å². The molecule has 176 valence electrons. The van der Waals surface area contributed by atoms with Crippen molar-refractivity contribution >= 4 is 16.0 Å². The molecule has 0 spiro atoms. The van der Waals surface area contributed by atoms with Crippen molar-refractivity contribution in [1.82, 2.24) is 4.72 Å². The van der Waals surface area contributed by atoms with Crippen LogP contribution >= 0.6 is 0 Å². The quantitative estimate of drug-likeness (QED) is 0.341. The highest BCUT2D eigenvalue weighted by molar-refractivity contribution is 7.89. The third-order valence-corrected chi connectivity index (χ3v) is 8.30. The summed E-state index contributed by atoms with van der Waals surface area (Å²) in [6.07, 6.45) is 9.81. The van der Waals surface area contributed by atoms with Gasteiger partial charge >= 0.3 is 5.97 Å². The second-order valence-corrected chi connectivity index (χ2v) is 10.7. The predicted molar refractivity (Wildman–Crippen MR) is 127 cm³/mol. The summed E-state index contributed by atoms with van der Waals surface area (Å²) < 4.78 is 35.0. The number of allylic oxidation sites excluding steroid dienone is 2. The number of carboxylic acids is 1. The summed E-state index contributed by atoms with van der Waals surface area (Å²) in [5.74, 6) is 1.74. The van der Waals surface area contributed by atoms with Crippen molar-refractivity contribution in [3.63, 3.8) is 0 Å². The van der Waals surface area contributed by atoms with Crippen LogP contribution in [0.15, 0.2) is 71.6 Å². The summed E-state index contributed by atoms with van der Waals surface area (Å²) in [4.78, 5) is 10.9. The zero-order valence-corrected chi connectivity index (χ0v) is 19.4. The molecule has 2 fully saturated rings. The van der Waals surface area contributed by atoms with E-state index in [9.17, 15) is 13.2 Å². The predicted octanol–water partition coefficient (Wildman–Crippen LogP) is 5.37. The summed E-state index contributed by atoms with van der Waals surface area (Å²) in [6, 6.07) is 15.9. The number of para-hydroxylation sites is 1. The van der Waals surface area contributed by atoms with E-state index in [-0.39, 0.29) is 23.3 Å². The third kappa shape index (κ3) is 6.03. The zero-order valence-electron chi connectivity index (χ0n) is 18.6. The molecule has 2 aliphatic carbocycles. The molecule has 4 atom stereocenters. The molecule has 2 saturated carbocycles. The van der Waals surface area contributed by atoms with Gasteiger partial charge in [-0.3, -0.25) is 4.79 Å². The highest BCUT2D eigenvalue weighted by atomic mass is 32.2. The molecule has 2 aromatic rings. The average molecular weight is 470 g/mol. The Balaban J connectivity index is 1.37. The maximum Gasteiger partial charge on any atom is 0.303 e. The molecule has 0 aliphatic heterocycles. The standard InChI is InChI=1S/C26H31NO5S/c28-25(29)11-7-2-1-6-10-24-19-12-13-20(18-19)26(24)27-33(30,31)23-16-14-22(15-17-23)32-21-8-4-3-5-9-21/h1,3-6,8-9,14-17,19-20,24,26-27H,2,7,10-13,18H2,(H,28,29)/b6-1-/t19-,20+,24+,26+/m0/s1. The Morgan fingerprint density at radius 1 is 1.00 bits per heavy atom. The molecule has 2 N–H and O–H groups in total. The minimum absolute atomic E-state index is 0.0577. The number of carbonyl (C=O) groups is 1. The Bertz CT molecular complexity index is 1070. The van der Waals surface area contributed by atoms with Crippen molar-refractivity contribution in [3.8, 4) is 11.5 Å². The van der Waals surface area contributed by atoms with Crippen LogP contribution in [0.1, 0.15) is 44.9 Å². The second-order valence-electron chi connectivity index (χ2n) is 9.02. The van der Waals surface area contributed by atoms with Crippen LogP contribution in [0.4, 0.5) is 0 Å². The summed E-state index contributed by atoms with van der Waals surface area (Å²) in [6.45, 7) is 0. The Labute approximate surface area is 195 Å². The number of rotatable bonds is 11. The van der Waals surface area contributed by atoms with Gasteiger partial charge in [0.1, 0.15) is 11.5 Å². The first-order valence-electron chi connectivity index (χ1n) is 11.6. The van der Waals surface area contributed by atoms with Crippen LogP contribution in [-0.4, -0.2) is 25.5 Å².